The number of hydrogen-bond acceptors (Lipinski definition) is 3. The van der Waals surface area contributed by atoms with Crippen molar-refractivity contribution in [3.05, 3.63) is 0 Å². The fourth-order valence-electron chi connectivity index (χ4n) is 3.87. The molecule has 128 valence electrons. The summed E-state index contributed by atoms with van der Waals surface area (Å²) in [4.78, 5) is 14.5. The second kappa shape index (κ2) is 8.88. The molecule has 2 atom stereocenters. The Kier molecular flexibility index (Phi) is 7.16. The third kappa shape index (κ3) is 5.54. The standard InChI is InChI=1S/C18H35N3O/c1-14(2)20-12-16-10-19-11-17(16)13-21(3)18(22)9-15-7-5-4-6-8-15/h14-17,19-20H,4-13H2,1-3H3/t16-,17+/m1/s1. The number of carbonyl (C=O) groups is 1. The van der Waals surface area contributed by atoms with Gasteiger partial charge >= 0.3 is 0 Å². The van der Waals surface area contributed by atoms with Gasteiger partial charge in [0.2, 0.25) is 5.91 Å². The molecule has 1 saturated carbocycles. The maximum atomic E-state index is 12.5. The van der Waals surface area contributed by atoms with Crippen molar-refractivity contribution in [1.82, 2.24) is 15.5 Å². The van der Waals surface area contributed by atoms with Crippen LogP contribution in [0.3, 0.4) is 0 Å². The maximum absolute atomic E-state index is 12.5. The molecule has 1 aliphatic carbocycles. The molecular formula is C18H35N3O. The van der Waals surface area contributed by atoms with E-state index in [4.69, 9.17) is 0 Å². The Balaban J connectivity index is 1.74. The van der Waals surface area contributed by atoms with Gasteiger partial charge in [0.15, 0.2) is 0 Å². The molecule has 4 heteroatoms. The van der Waals surface area contributed by atoms with Gasteiger partial charge in [-0.25, -0.2) is 0 Å². The van der Waals surface area contributed by atoms with Crippen LogP contribution in [-0.2, 0) is 4.79 Å². The van der Waals surface area contributed by atoms with Gasteiger partial charge in [-0.2, -0.15) is 0 Å². The van der Waals surface area contributed by atoms with Crippen molar-refractivity contribution in [2.75, 3.05) is 33.2 Å². The highest BCUT2D eigenvalue weighted by atomic mass is 16.2. The largest absolute Gasteiger partial charge is 0.345 e. The molecule has 4 nitrogen and oxygen atoms in total. The van der Waals surface area contributed by atoms with Crippen LogP contribution in [0.1, 0.15) is 52.4 Å². The van der Waals surface area contributed by atoms with Gasteiger partial charge in [0.1, 0.15) is 0 Å². The van der Waals surface area contributed by atoms with Crippen LogP contribution in [-0.4, -0.2) is 50.1 Å². The first-order valence-corrected chi connectivity index (χ1v) is 9.24. The third-order valence-corrected chi connectivity index (χ3v) is 5.39. The van der Waals surface area contributed by atoms with Crippen molar-refractivity contribution in [3.8, 4) is 0 Å². The zero-order valence-corrected chi connectivity index (χ0v) is 14.7. The summed E-state index contributed by atoms with van der Waals surface area (Å²) in [5.74, 6) is 2.23. The lowest BCUT2D eigenvalue weighted by Crippen LogP contribution is -2.39. The first-order valence-electron chi connectivity index (χ1n) is 9.24. The summed E-state index contributed by atoms with van der Waals surface area (Å²) in [6.07, 6.45) is 7.27. The second-order valence-electron chi connectivity index (χ2n) is 7.72. The molecule has 0 spiro atoms. The van der Waals surface area contributed by atoms with Gasteiger partial charge in [0.05, 0.1) is 0 Å². The first kappa shape index (κ1) is 17.7. The smallest absolute Gasteiger partial charge is 0.222 e. The molecule has 2 N–H and O–H groups in total. The number of nitrogens with zero attached hydrogens (tertiary/aromatic N) is 1. The molecule has 0 aromatic rings. The zero-order chi connectivity index (χ0) is 15.9. The van der Waals surface area contributed by atoms with Crippen molar-refractivity contribution in [2.24, 2.45) is 17.8 Å². The van der Waals surface area contributed by atoms with Crippen molar-refractivity contribution in [3.63, 3.8) is 0 Å². The Morgan fingerprint density at radius 2 is 1.86 bits per heavy atom. The number of amides is 1. The molecule has 1 amide bonds. The van der Waals surface area contributed by atoms with Crippen LogP contribution in [0.2, 0.25) is 0 Å². The normalized spacial score (nSPS) is 26.5. The summed E-state index contributed by atoms with van der Waals surface area (Å²) in [7, 11) is 2.00. The number of hydrogen-bond donors (Lipinski definition) is 2. The van der Waals surface area contributed by atoms with E-state index in [1.165, 1.54) is 32.1 Å². The van der Waals surface area contributed by atoms with Gasteiger partial charge < -0.3 is 15.5 Å². The van der Waals surface area contributed by atoms with Crippen LogP contribution in [0, 0.1) is 17.8 Å². The maximum Gasteiger partial charge on any atom is 0.222 e. The minimum atomic E-state index is 0.356. The number of nitrogens with one attached hydrogen (secondary N) is 2. The predicted octanol–water partition coefficient (Wildman–Crippen LogP) is 2.25. The second-order valence-corrected chi connectivity index (χ2v) is 7.72. The Labute approximate surface area is 136 Å². The van der Waals surface area contributed by atoms with Crippen LogP contribution < -0.4 is 10.6 Å². The predicted molar refractivity (Wildman–Crippen MR) is 91.8 cm³/mol. The minimum absolute atomic E-state index is 0.356. The highest BCUT2D eigenvalue weighted by Crippen LogP contribution is 2.27. The summed E-state index contributed by atoms with van der Waals surface area (Å²) < 4.78 is 0. The minimum Gasteiger partial charge on any atom is -0.345 e. The van der Waals surface area contributed by atoms with Crippen molar-refractivity contribution in [2.45, 2.75) is 58.4 Å². The quantitative estimate of drug-likeness (QED) is 0.758. The van der Waals surface area contributed by atoms with E-state index >= 15 is 0 Å². The van der Waals surface area contributed by atoms with Crippen molar-refractivity contribution in [1.29, 1.82) is 0 Å². The molecule has 2 rings (SSSR count). The van der Waals surface area contributed by atoms with E-state index in [0.29, 0.717) is 29.7 Å². The summed E-state index contributed by atoms with van der Waals surface area (Å²) in [6.45, 7) is 8.47. The van der Waals surface area contributed by atoms with Gasteiger partial charge in [-0.1, -0.05) is 33.1 Å². The topological polar surface area (TPSA) is 44.4 Å². The Morgan fingerprint density at radius 1 is 1.18 bits per heavy atom. The van der Waals surface area contributed by atoms with Gasteiger partial charge in [0.25, 0.3) is 0 Å². The Morgan fingerprint density at radius 3 is 2.55 bits per heavy atom. The molecule has 1 saturated heterocycles. The highest BCUT2D eigenvalue weighted by molar-refractivity contribution is 5.76. The average Bonchev–Trinajstić information content (AvgIpc) is 2.93. The van der Waals surface area contributed by atoms with Crippen molar-refractivity contribution < 1.29 is 4.79 Å². The molecule has 0 aromatic heterocycles. The lowest BCUT2D eigenvalue weighted by Gasteiger charge is -2.28. The monoisotopic (exact) mass is 309 g/mol. The van der Waals surface area contributed by atoms with Gasteiger partial charge in [-0.3, -0.25) is 4.79 Å². The van der Waals surface area contributed by atoms with Crippen LogP contribution >= 0.6 is 0 Å². The third-order valence-electron chi connectivity index (χ3n) is 5.39. The van der Waals surface area contributed by atoms with E-state index in [2.05, 4.69) is 24.5 Å². The molecule has 22 heavy (non-hydrogen) atoms. The van der Waals surface area contributed by atoms with E-state index in [1.807, 2.05) is 11.9 Å². The highest BCUT2D eigenvalue weighted by Gasteiger charge is 2.29. The SMILES string of the molecule is CC(C)NC[C@H]1CNC[C@H]1CN(C)C(=O)CC1CCCCC1. The number of carbonyl (C=O) groups excluding carboxylic acids is 1. The fraction of sp³-hybridized carbons (Fsp3) is 0.944. The fourth-order valence-corrected chi connectivity index (χ4v) is 3.87. The lowest BCUT2D eigenvalue weighted by molar-refractivity contribution is -0.131. The van der Waals surface area contributed by atoms with E-state index < -0.39 is 0 Å². The van der Waals surface area contributed by atoms with Crippen LogP contribution in [0.15, 0.2) is 0 Å². The van der Waals surface area contributed by atoms with Crippen LogP contribution in [0.25, 0.3) is 0 Å². The summed E-state index contributed by atoms with van der Waals surface area (Å²) in [6, 6.07) is 0.534. The molecule has 0 unspecified atom stereocenters. The molecule has 2 aliphatic rings. The zero-order valence-electron chi connectivity index (χ0n) is 14.7. The molecule has 1 aliphatic heterocycles. The molecular weight excluding hydrogens is 274 g/mol. The van der Waals surface area contributed by atoms with E-state index in [1.54, 1.807) is 0 Å². The first-order chi connectivity index (χ1) is 10.6. The van der Waals surface area contributed by atoms with Crippen molar-refractivity contribution >= 4 is 5.91 Å². The molecule has 0 bridgehead atoms. The summed E-state index contributed by atoms with van der Waals surface area (Å²) in [5.41, 5.74) is 0. The Hall–Kier alpha value is -0.610. The molecule has 0 radical (unpaired) electrons. The molecule has 2 fully saturated rings. The van der Waals surface area contributed by atoms with Crippen LogP contribution in [0.5, 0.6) is 0 Å². The van der Waals surface area contributed by atoms with E-state index in [-0.39, 0.29) is 0 Å². The van der Waals surface area contributed by atoms with Gasteiger partial charge in [-0.15, -0.1) is 0 Å². The van der Waals surface area contributed by atoms with Gasteiger partial charge in [-0.05, 0) is 43.7 Å². The Bertz CT molecular complexity index is 339. The lowest BCUT2D eigenvalue weighted by atomic mass is 9.86. The number of rotatable bonds is 7. The molecule has 1 heterocycles. The average molecular weight is 309 g/mol. The summed E-state index contributed by atoms with van der Waals surface area (Å²) in [5, 5.41) is 7.04. The summed E-state index contributed by atoms with van der Waals surface area (Å²) >= 11 is 0. The van der Waals surface area contributed by atoms with E-state index in [9.17, 15) is 4.79 Å². The van der Waals surface area contributed by atoms with Gasteiger partial charge in [0, 0.05) is 32.6 Å². The van der Waals surface area contributed by atoms with Crippen LogP contribution in [0.4, 0.5) is 0 Å². The van der Waals surface area contributed by atoms with E-state index in [0.717, 1.165) is 32.6 Å². The molecule has 0 aromatic carbocycles.